The molecule has 0 bridgehead atoms. The molecule has 1 atom stereocenters. The summed E-state index contributed by atoms with van der Waals surface area (Å²) in [6, 6.07) is 12.5. The Kier molecular flexibility index (Phi) is 6.34. The SMILES string of the molecule is CS(=O)(=O)OCC(Cc1c(Cl)cccc1Cl)c1ccccc1Cl. The van der Waals surface area contributed by atoms with Crippen LogP contribution in [0.3, 0.4) is 0 Å². The summed E-state index contributed by atoms with van der Waals surface area (Å²) in [5.41, 5.74) is 1.52. The Morgan fingerprint density at radius 1 is 0.957 bits per heavy atom. The van der Waals surface area contributed by atoms with E-state index in [0.717, 1.165) is 17.4 Å². The predicted molar refractivity (Wildman–Crippen MR) is 95.2 cm³/mol. The zero-order chi connectivity index (χ0) is 17.0. The van der Waals surface area contributed by atoms with Gasteiger partial charge in [0.2, 0.25) is 0 Å². The first kappa shape index (κ1) is 18.6. The van der Waals surface area contributed by atoms with Crippen molar-refractivity contribution in [2.45, 2.75) is 12.3 Å². The molecule has 2 rings (SSSR count). The van der Waals surface area contributed by atoms with Crippen LogP contribution in [0.2, 0.25) is 15.1 Å². The molecule has 0 saturated heterocycles. The van der Waals surface area contributed by atoms with Crippen molar-refractivity contribution in [2.24, 2.45) is 0 Å². The molecule has 0 amide bonds. The lowest BCUT2D eigenvalue weighted by Gasteiger charge is -2.19. The molecule has 23 heavy (non-hydrogen) atoms. The van der Waals surface area contributed by atoms with Gasteiger partial charge < -0.3 is 0 Å². The third kappa shape index (κ3) is 5.37. The van der Waals surface area contributed by atoms with Gasteiger partial charge in [-0.15, -0.1) is 0 Å². The van der Waals surface area contributed by atoms with Gasteiger partial charge in [-0.25, -0.2) is 0 Å². The van der Waals surface area contributed by atoms with Crippen molar-refractivity contribution in [1.29, 1.82) is 0 Å². The first-order valence-electron chi connectivity index (χ1n) is 6.79. The second kappa shape index (κ2) is 7.86. The molecule has 0 N–H and O–H groups in total. The minimum absolute atomic E-state index is 0.0376. The van der Waals surface area contributed by atoms with E-state index in [1.807, 2.05) is 18.2 Å². The van der Waals surface area contributed by atoms with Crippen LogP contribution < -0.4 is 0 Å². The van der Waals surface area contributed by atoms with E-state index >= 15 is 0 Å². The molecule has 0 aliphatic heterocycles. The van der Waals surface area contributed by atoms with E-state index in [-0.39, 0.29) is 12.5 Å². The minimum Gasteiger partial charge on any atom is -0.270 e. The Hall–Kier alpha value is -0.780. The summed E-state index contributed by atoms with van der Waals surface area (Å²) >= 11 is 18.7. The van der Waals surface area contributed by atoms with Gasteiger partial charge in [-0.2, -0.15) is 8.42 Å². The molecular formula is C16H15Cl3O3S. The van der Waals surface area contributed by atoms with Crippen LogP contribution in [0.1, 0.15) is 17.0 Å². The van der Waals surface area contributed by atoms with Crippen LogP contribution in [0, 0.1) is 0 Å². The molecule has 0 aromatic heterocycles. The number of rotatable bonds is 6. The number of hydrogen-bond acceptors (Lipinski definition) is 3. The molecule has 0 aliphatic carbocycles. The van der Waals surface area contributed by atoms with Crippen LogP contribution in [0.15, 0.2) is 42.5 Å². The standard InChI is InChI=1S/C16H15Cl3O3S/c1-23(20,21)22-10-11(12-5-2-3-6-14(12)17)9-13-15(18)7-4-8-16(13)19/h2-8,11H,9-10H2,1H3. The van der Waals surface area contributed by atoms with E-state index in [9.17, 15) is 8.42 Å². The van der Waals surface area contributed by atoms with Gasteiger partial charge >= 0.3 is 0 Å². The number of hydrogen-bond donors (Lipinski definition) is 0. The lowest BCUT2D eigenvalue weighted by molar-refractivity contribution is 0.293. The van der Waals surface area contributed by atoms with E-state index in [4.69, 9.17) is 39.0 Å². The van der Waals surface area contributed by atoms with Crippen molar-refractivity contribution < 1.29 is 12.6 Å². The highest BCUT2D eigenvalue weighted by molar-refractivity contribution is 7.85. The van der Waals surface area contributed by atoms with Crippen LogP contribution in [-0.2, 0) is 20.7 Å². The quantitative estimate of drug-likeness (QED) is 0.652. The Morgan fingerprint density at radius 3 is 2.09 bits per heavy atom. The number of halogens is 3. The second-order valence-electron chi connectivity index (χ2n) is 5.11. The molecule has 0 radical (unpaired) electrons. The molecule has 0 heterocycles. The molecule has 2 aromatic rings. The molecular weight excluding hydrogens is 379 g/mol. The second-order valence-corrected chi connectivity index (χ2v) is 7.98. The molecule has 0 saturated carbocycles. The van der Waals surface area contributed by atoms with E-state index in [0.29, 0.717) is 21.5 Å². The van der Waals surface area contributed by atoms with Crippen LogP contribution in [-0.4, -0.2) is 21.3 Å². The van der Waals surface area contributed by atoms with Gasteiger partial charge in [0.1, 0.15) is 0 Å². The van der Waals surface area contributed by atoms with Crippen molar-refractivity contribution in [1.82, 2.24) is 0 Å². The summed E-state index contributed by atoms with van der Waals surface area (Å²) in [7, 11) is -3.56. The maximum atomic E-state index is 11.3. The van der Waals surface area contributed by atoms with Gasteiger partial charge in [-0.3, -0.25) is 4.18 Å². The fraction of sp³-hybridized carbons (Fsp3) is 0.250. The molecule has 2 aromatic carbocycles. The molecule has 3 nitrogen and oxygen atoms in total. The highest BCUT2D eigenvalue weighted by Gasteiger charge is 2.20. The summed E-state index contributed by atoms with van der Waals surface area (Å²) in [5.74, 6) is -0.296. The molecule has 0 spiro atoms. The fourth-order valence-corrected chi connectivity index (χ4v) is 3.50. The van der Waals surface area contributed by atoms with Crippen molar-refractivity contribution in [3.05, 3.63) is 68.7 Å². The molecule has 0 fully saturated rings. The van der Waals surface area contributed by atoms with Crippen molar-refractivity contribution in [3.8, 4) is 0 Å². The lowest BCUT2D eigenvalue weighted by atomic mass is 9.92. The van der Waals surface area contributed by atoms with E-state index in [1.54, 1.807) is 24.3 Å². The zero-order valence-electron chi connectivity index (χ0n) is 12.3. The summed E-state index contributed by atoms with van der Waals surface area (Å²) in [5, 5.41) is 1.58. The van der Waals surface area contributed by atoms with Crippen molar-refractivity contribution >= 4 is 44.9 Å². The van der Waals surface area contributed by atoms with E-state index in [2.05, 4.69) is 0 Å². The molecule has 1 unspecified atom stereocenters. The average molecular weight is 394 g/mol. The molecule has 124 valence electrons. The maximum Gasteiger partial charge on any atom is 0.264 e. The normalized spacial score (nSPS) is 13.0. The largest absolute Gasteiger partial charge is 0.270 e. The highest BCUT2D eigenvalue weighted by Crippen LogP contribution is 2.33. The van der Waals surface area contributed by atoms with Gasteiger partial charge in [0.15, 0.2) is 0 Å². The van der Waals surface area contributed by atoms with Crippen molar-refractivity contribution in [3.63, 3.8) is 0 Å². The topological polar surface area (TPSA) is 43.4 Å². The lowest BCUT2D eigenvalue weighted by Crippen LogP contribution is -2.15. The number of benzene rings is 2. The smallest absolute Gasteiger partial charge is 0.264 e. The van der Waals surface area contributed by atoms with Crippen LogP contribution in [0.25, 0.3) is 0 Å². The van der Waals surface area contributed by atoms with Crippen molar-refractivity contribution in [2.75, 3.05) is 12.9 Å². The third-order valence-corrected chi connectivity index (χ3v) is 4.96. The summed E-state index contributed by atoms with van der Waals surface area (Å²) in [4.78, 5) is 0. The Bertz CT molecular complexity index is 771. The van der Waals surface area contributed by atoms with Gasteiger partial charge in [-0.1, -0.05) is 59.1 Å². The highest BCUT2D eigenvalue weighted by atomic mass is 35.5. The third-order valence-electron chi connectivity index (χ3n) is 3.34. The van der Waals surface area contributed by atoms with E-state index in [1.165, 1.54) is 0 Å². The van der Waals surface area contributed by atoms with Crippen LogP contribution >= 0.6 is 34.8 Å². The van der Waals surface area contributed by atoms with E-state index < -0.39 is 10.1 Å². The summed E-state index contributed by atoms with van der Waals surface area (Å²) in [6.45, 7) is -0.0376. The fourth-order valence-electron chi connectivity index (χ4n) is 2.24. The van der Waals surface area contributed by atoms with Crippen LogP contribution in [0.5, 0.6) is 0 Å². The van der Waals surface area contributed by atoms with Gasteiger partial charge in [-0.05, 0) is 35.7 Å². The minimum atomic E-state index is -3.56. The van der Waals surface area contributed by atoms with Gasteiger partial charge in [0.25, 0.3) is 10.1 Å². The first-order valence-corrected chi connectivity index (χ1v) is 9.74. The summed E-state index contributed by atoms with van der Waals surface area (Å²) < 4.78 is 27.6. The summed E-state index contributed by atoms with van der Waals surface area (Å²) in [6.07, 6.45) is 1.43. The Labute approximate surface area is 151 Å². The maximum absolute atomic E-state index is 11.3. The average Bonchev–Trinajstić information content (AvgIpc) is 2.46. The van der Waals surface area contributed by atoms with Crippen LogP contribution in [0.4, 0.5) is 0 Å². The molecule has 7 heteroatoms. The van der Waals surface area contributed by atoms with Gasteiger partial charge in [0.05, 0.1) is 12.9 Å². The monoisotopic (exact) mass is 392 g/mol. The van der Waals surface area contributed by atoms with Gasteiger partial charge in [0, 0.05) is 21.0 Å². The molecule has 0 aliphatic rings. The Morgan fingerprint density at radius 2 is 1.52 bits per heavy atom. The zero-order valence-corrected chi connectivity index (χ0v) is 15.4. The Balaban J connectivity index is 2.36. The predicted octanol–water partition coefficient (Wildman–Crippen LogP) is 4.95. The first-order chi connectivity index (χ1) is 10.8.